The minimum atomic E-state index is -0.0823. The van der Waals surface area contributed by atoms with Crippen molar-refractivity contribution >= 4 is 0 Å². The minimum absolute atomic E-state index is 0.0469. The molecule has 0 saturated carbocycles. The van der Waals surface area contributed by atoms with E-state index >= 15 is 0 Å². The molecule has 0 heterocycles. The second-order valence-corrected chi connectivity index (χ2v) is 3.06. The minimum Gasteiger partial charge on any atom is -0.737 e. The van der Waals surface area contributed by atoms with Gasteiger partial charge in [0.1, 0.15) is 0 Å². The molecular weight excluding hydrogens is 188 g/mol. The van der Waals surface area contributed by atoms with Gasteiger partial charge in [0.2, 0.25) is 0 Å². The summed E-state index contributed by atoms with van der Waals surface area (Å²) in [5.74, 6) is 0. The number of rotatable bonds is 7. The third-order valence-electron chi connectivity index (χ3n) is 1.69. The van der Waals surface area contributed by atoms with Crippen molar-refractivity contribution in [1.82, 2.24) is 10.3 Å². The van der Waals surface area contributed by atoms with E-state index in [1.54, 1.807) is 13.8 Å². The van der Waals surface area contributed by atoms with Crippen molar-refractivity contribution in [2.45, 2.75) is 19.9 Å². The van der Waals surface area contributed by atoms with Crippen LogP contribution in [0.1, 0.15) is 13.8 Å². The lowest BCUT2D eigenvalue weighted by molar-refractivity contribution is -0.696. The summed E-state index contributed by atoms with van der Waals surface area (Å²) < 4.78 is 0. The molecule has 0 aliphatic rings. The van der Waals surface area contributed by atoms with Crippen LogP contribution in [0.4, 0.5) is 0 Å². The van der Waals surface area contributed by atoms with Crippen LogP contribution in [0.25, 0.3) is 0 Å². The van der Waals surface area contributed by atoms with Crippen LogP contribution in [0.3, 0.4) is 0 Å². The van der Waals surface area contributed by atoms with Crippen LogP contribution in [-0.4, -0.2) is 47.4 Å². The topological polar surface area (TPSA) is 97.0 Å². The SMILES string of the molecule is CC(C)N(CCNCCO)/[N+]([O-])=N/[O-]. The number of aliphatic hydroxyl groups is 1. The van der Waals surface area contributed by atoms with Gasteiger partial charge in [0.15, 0.2) is 0 Å². The maximum absolute atomic E-state index is 10.9. The molecule has 0 rings (SSSR count). The Bertz CT molecular complexity index is 174. The molecule has 2 N–H and O–H groups in total. The Morgan fingerprint density at radius 2 is 2.14 bits per heavy atom. The second-order valence-electron chi connectivity index (χ2n) is 3.06. The zero-order valence-electron chi connectivity index (χ0n) is 8.51. The molecule has 14 heavy (non-hydrogen) atoms. The summed E-state index contributed by atoms with van der Waals surface area (Å²) in [7, 11) is 0. The lowest BCUT2D eigenvalue weighted by atomic mass is 10.4. The van der Waals surface area contributed by atoms with Crippen molar-refractivity contribution in [3.8, 4) is 0 Å². The van der Waals surface area contributed by atoms with E-state index in [2.05, 4.69) is 10.6 Å². The Balaban J connectivity index is 3.87. The van der Waals surface area contributed by atoms with Crippen LogP contribution in [0, 0.1) is 10.4 Å². The molecule has 0 fully saturated rings. The van der Waals surface area contributed by atoms with E-state index in [1.165, 1.54) is 5.01 Å². The monoisotopic (exact) mass is 205 g/mol. The van der Waals surface area contributed by atoms with E-state index in [9.17, 15) is 10.4 Å². The first-order chi connectivity index (χ1) is 6.63. The predicted octanol–water partition coefficient (Wildman–Crippen LogP) is -0.346. The largest absolute Gasteiger partial charge is 0.737 e. The lowest BCUT2D eigenvalue weighted by Crippen LogP contribution is -2.41. The van der Waals surface area contributed by atoms with Gasteiger partial charge in [-0.3, -0.25) is 0 Å². The first-order valence-electron chi connectivity index (χ1n) is 4.52. The molecule has 0 aromatic rings. The molecule has 0 aliphatic carbocycles. The van der Waals surface area contributed by atoms with Crippen molar-refractivity contribution in [3.05, 3.63) is 10.4 Å². The molecule has 0 atom stereocenters. The zero-order chi connectivity index (χ0) is 11.0. The van der Waals surface area contributed by atoms with E-state index in [0.717, 1.165) is 0 Å². The van der Waals surface area contributed by atoms with E-state index in [-0.39, 0.29) is 17.6 Å². The molecule has 84 valence electrons. The highest BCUT2D eigenvalue weighted by molar-refractivity contribution is 4.54. The second kappa shape index (κ2) is 7.34. The fraction of sp³-hybridized carbons (Fsp3) is 1.00. The molecule has 0 unspecified atom stereocenters. The van der Waals surface area contributed by atoms with E-state index < -0.39 is 0 Å². The predicted molar refractivity (Wildman–Crippen MR) is 51.2 cm³/mol. The molecule has 0 bridgehead atoms. The molecule has 0 spiro atoms. The van der Waals surface area contributed by atoms with Gasteiger partial charge in [0.05, 0.1) is 19.2 Å². The van der Waals surface area contributed by atoms with Crippen LogP contribution in [0.5, 0.6) is 0 Å². The molecule has 0 aliphatic heterocycles. The third kappa shape index (κ3) is 4.83. The standard InChI is InChI=1S/C7H18N4O3/c1-7(2)10(11(14)9-13)5-3-8-4-6-12/h7-8,12-13H,3-6H2,1-2H3/p-1/b11-9-. The molecule has 0 radical (unpaired) electrons. The average molecular weight is 205 g/mol. The van der Waals surface area contributed by atoms with Crippen LogP contribution < -0.4 is 5.32 Å². The van der Waals surface area contributed by atoms with E-state index in [0.29, 0.717) is 19.6 Å². The third-order valence-corrected chi connectivity index (χ3v) is 1.69. The normalized spacial score (nSPS) is 12.1. The fourth-order valence-corrected chi connectivity index (χ4v) is 0.986. The number of aliphatic hydroxyl groups excluding tert-OH is 1. The highest BCUT2D eigenvalue weighted by Crippen LogP contribution is 1.97. The molecule has 0 saturated heterocycles. The molecule has 0 aromatic heterocycles. The van der Waals surface area contributed by atoms with Gasteiger partial charge in [-0.1, -0.05) is 0 Å². The zero-order valence-corrected chi connectivity index (χ0v) is 8.51. The van der Waals surface area contributed by atoms with Crippen molar-refractivity contribution in [3.63, 3.8) is 0 Å². The molecule has 7 nitrogen and oxygen atoms in total. The summed E-state index contributed by atoms with van der Waals surface area (Å²) in [6.07, 6.45) is 0. The van der Waals surface area contributed by atoms with Gasteiger partial charge < -0.3 is 20.8 Å². The molecule has 0 amide bonds. The van der Waals surface area contributed by atoms with E-state index in [4.69, 9.17) is 5.11 Å². The average Bonchev–Trinajstić information content (AvgIpc) is 2.16. The summed E-state index contributed by atoms with van der Waals surface area (Å²) in [4.78, 5) is 0.0469. The van der Waals surface area contributed by atoms with Gasteiger partial charge in [-0.05, 0) is 19.1 Å². The molecule has 0 aromatic carbocycles. The number of nitrogens with one attached hydrogen (secondary N) is 1. The van der Waals surface area contributed by atoms with E-state index in [1.807, 2.05) is 0 Å². The number of hydrogen-bond donors (Lipinski definition) is 2. The first-order valence-corrected chi connectivity index (χ1v) is 4.52. The van der Waals surface area contributed by atoms with Gasteiger partial charge in [-0.15, -0.1) is 5.01 Å². The number of hydrogen-bond acceptors (Lipinski definition) is 5. The summed E-state index contributed by atoms with van der Waals surface area (Å²) in [6.45, 7) is 5.01. The van der Waals surface area contributed by atoms with Crippen LogP contribution in [0.2, 0.25) is 0 Å². The van der Waals surface area contributed by atoms with Gasteiger partial charge in [0, 0.05) is 18.1 Å². The summed E-state index contributed by atoms with van der Waals surface area (Å²) >= 11 is 0. The Morgan fingerprint density at radius 3 is 2.57 bits per heavy atom. The molecule has 7 heteroatoms. The van der Waals surface area contributed by atoms with Crippen LogP contribution in [-0.2, 0) is 0 Å². The fourth-order valence-electron chi connectivity index (χ4n) is 0.986. The quantitative estimate of drug-likeness (QED) is 0.256. The van der Waals surface area contributed by atoms with Gasteiger partial charge >= 0.3 is 0 Å². The molecular formula is C7H17N4O3-. The van der Waals surface area contributed by atoms with Crippen LogP contribution >= 0.6 is 0 Å². The van der Waals surface area contributed by atoms with Crippen molar-refractivity contribution in [2.24, 2.45) is 5.28 Å². The van der Waals surface area contributed by atoms with Crippen molar-refractivity contribution in [1.29, 1.82) is 0 Å². The number of nitrogens with zero attached hydrogens (tertiary/aromatic N) is 3. The highest BCUT2D eigenvalue weighted by Gasteiger charge is 2.14. The van der Waals surface area contributed by atoms with Gasteiger partial charge in [-0.2, -0.15) is 0 Å². The maximum Gasteiger partial charge on any atom is 0.0895 e. The van der Waals surface area contributed by atoms with Crippen molar-refractivity contribution in [2.75, 3.05) is 26.2 Å². The Morgan fingerprint density at radius 1 is 1.50 bits per heavy atom. The first kappa shape index (κ1) is 12.9. The Kier molecular flexibility index (Phi) is 6.77. The highest BCUT2D eigenvalue weighted by atomic mass is 16.6. The maximum atomic E-state index is 10.9. The number of hydrazine groups is 1. The summed E-state index contributed by atoms with van der Waals surface area (Å²) in [6, 6.07) is -0.0823. The summed E-state index contributed by atoms with van der Waals surface area (Å²) in [5.41, 5.74) is 0. The summed E-state index contributed by atoms with van der Waals surface area (Å²) in [5, 5.41) is 35.9. The van der Waals surface area contributed by atoms with Gasteiger partial charge in [-0.25, -0.2) is 0 Å². The Hall–Kier alpha value is -1.08. The van der Waals surface area contributed by atoms with Crippen molar-refractivity contribution < 1.29 is 10.1 Å². The van der Waals surface area contributed by atoms with Crippen LogP contribution in [0.15, 0.2) is 5.28 Å². The Labute approximate surface area is 83.2 Å². The van der Waals surface area contributed by atoms with Gasteiger partial charge in [0.25, 0.3) is 0 Å². The smallest absolute Gasteiger partial charge is 0.0895 e. The lowest BCUT2D eigenvalue weighted by Gasteiger charge is -2.22.